The molecular formula is C17H15N3O4S. The summed E-state index contributed by atoms with van der Waals surface area (Å²) in [6.45, 7) is 0. The number of benzene rings is 1. The van der Waals surface area contributed by atoms with Gasteiger partial charge in [0.25, 0.3) is 5.91 Å². The Bertz CT molecular complexity index is 979. The summed E-state index contributed by atoms with van der Waals surface area (Å²) < 4.78 is 24.9. The zero-order valence-electron chi connectivity index (χ0n) is 13.3. The number of nitrogens with one attached hydrogen (secondary N) is 2. The minimum Gasteiger partial charge on any atom is -0.292 e. The highest BCUT2D eigenvalue weighted by molar-refractivity contribution is 7.92. The van der Waals surface area contributed by atoms with Crippen molar-refractivity contribution in [2.45, 2.75) is 6.42 Å². The second-order valence-corrected chi connectivity index (χ2v) is 7.43. The molecule has 25 heavy (non-hydrogen) atoms. The molecular weight excluding hydrogens is 342 g/mol. The van der Waals surface area contributed by atoms with Gasteiger partial charge in [-0.25, -0.2) is 8.42 Å². The molecule has 0 spiro atoms. The number of hydrogen-bond donors (Lipinski definition) is 2. The molecule has 1 aromatic heterocycles. The molecule has 0 aliphatic carbocycles. The Hall–Kier alpha value is -3.00. The van der Waals surface area contributed by atoms with Crippen molar-refractivity contribution in [3.63, 3.8) is 0 Å². The van der Waals surface area contributed by atoms with Crippen LogP contribution in [0.25, 0.3) is 17.2 Å². The predicted molar refractivity (Wildman–Crippen MR) is 93.9 cm³/mol. The average Bonchev–Trinajstić information content (AvgIpc) is 2.84. The molecule has 1 aliphatic heterocycles. The summed E-state index contributed by atoms with van der Waals surface area (Å²) in [6, 6.07) is 8.70. The summed E-state index contributed by atoms with van der Waals surface area (Å²) in [5.41, 5.74) is 3.23. The van der Waals surface area contributed by atoms with Crippen molar-refractivity contribution in [3.05, 3.63) is 53.9 Å². The van der Waals surface area contributed by atoms with Gasteiger partial charge in [-0.1, -0.05) is 12.1 Å². The molecule has 0 unspecified atom stereocenters. The lowest BCUT2D eigenvalue weighted by atomic mass is 10.0. The Labute approximate surface area is 144 Å². The quantitative estimate of drug-likeness (QED) is 0.638. The smallest absolute Gasteiger partial charge is 0.254 e. The van der Waals surface area contributed by atoms with Gasteiger partial charge in [-0.2, -0.15) is 0 Å². The maximum atomic E-state index is 11.6. The number of nitrogens with zero attached hydrogens (tertiary/aromatic N) is 1. The Morgan fingerprint density at radius 2 is 1.84 bits per heavy atom. The zero-order chi connectivity index (χ0) is 18.0. The summed E-state index contributed by atoms with van der Waals surface area (Å²) in [5.74, 6) is -0.694. The van der Waals surface area contributed by atoms with Gasteiger partial charge >= 0.3 is 0 Å². The van der Waals surface area contributed by atoms with Gasteiger partial charge in [0.1, 0.15) is 0 Å². The molecule has 8 heteroatoms. The second-order valence-electron chi connectivity index (χ2n) is 5.68. The van der Waals surface area contributed by atoms with E-state index in [0.29, 0.717) is 16.8 Å². The largest absolute Gasteiger partial charge is 0.292 e. The van der Waals surface area contributed by atoms with Crippen LogP contribution in [0.15, 0.2) is 48.3 Å². The molecule has 1 saturated heterocycles. The first-order valence-corrected chi connectivity index (χ1v) is 9.27. The fourth-order valence-electron chi connectivity index (χ4n) is 2.46. The van der Waals surface area contributed by atoms with Crippen LogP contribution in [0, 0.1) is 0 Å². The summed E-state index contributed by atoms with van der Waals surface area (Å²) >= 11 is 0. The Morgan fingerprint density at radius 3 is 2.44 bits per heavy atom. The lowest BCUT2D eigenvalue weighted by Crippen LogP contribution is -2.19. The average molecular weight is 357 g/mol. The molecule has 0 atom stereocenters. The Morgan fingerprint density at radius 1 is 1.12 bits per heavy atom. The monoisotopic (exact) mass is 357 g/mol. The van der Waals surface area contributed by atoms with Crippen molar-refractivity contribution in [1.29, 1.82) is 0 Å². The van der Waals surface area contributed by atoms with E-state index < -0.39 is 10.0 Å². The number of amides is 2. The summed E-state index contributed by atoms with van der Waals surface area (Å²) in [5, 5.41) is 2.24. The Balaban J connectivity index is 1.85. The van der Waals surface area contributed by atoms with Crippen molar-refractivity contribution < 1.29 is 18.0 Å². The van der Waals surface area contributed by atoms with Crippen molar-refractivity contribution in [1.82, 2.24) is 10.3 Å². The van der Waals surface area contributed by atoms with E-state index >= 15 is 0 Å². The van der Waals surface area contributed by atoms with Crippen LogP contribution in [-0.4, -0.2) is 31.5 Å². The molecule has 1 fully saturated rings. The van der Waals surface area contributed by atoms with Gasteiger partial charge in [0, 0.05) is 29.2 Å². The number of imide groups is 1. The molecule has 0 bridgehead atoms. The third kappa shape index (κ3) is 4.30. The first-order chi connectivity index (χ1) is 11.8. The van der Waals surface area contributed by atoms with Gasteiger partial charge in [-0.05, 0) is 35.4 Å². The maximum Gasteiger partial charge on any atom is 0.254 e. The molecule has 2 amide bonds. The molecule has 2 N–H and O–H groups in total. The second kappa shape index (κ2) is 6.48. The van der Waals surface area contributed by atoms with Crippen LogP contribution in [0.2, 0.25) is 0 Å². The lowest BCUT2D eigenvalue weighted by molar-refractivity contribution is -0.124. The van der Waals surface area contributed by atoms with Crippen LogP contribution in [0.4, 0.5) is 5.69 Å². The van der Waals surface area contributed by atoms with Gasteiger partial charge in [0.2, 0.25) is 15.9 Å². The highest BCUT2D eigenvalue weighted by atomic mass is 32.2. The minimum atomic E-state index is -3.32. The maximum absolute atomic E-state index is 11.6. The van der Waals surface area contributed by atoms with E-state index in [1.165, 1.54) is 0 Å². The van der Waals surface area contributed by atoms with Crippen LogP contribution in [0.1, 0.15) is 12.0 Å². The lowest BCUT2D eigenvalue weighted by Gasteiger charge is -2.06. The van der Waals surface area contributed by atoms with E-state index in [-0.39, 0.29) is 18.2 Å². The van der Waals surface area contributed by atoms with Gasteiger partial charge < -0.3 is 0 Å². The molecule has 1 aromatic carbocycles. The van der Waals surface area contributed by atoms with Gasteiger partial charge in [-0.15, -0.1) is 0 Å². The molecule has 7 nitrogen and oxygen atoms in total. The molecule has 128 valence electrons. The number of pyridine rings is 1. The highest BCUT2D eigenvalue weighted by Crippen LogP contribution is 2.23. The van der Waals surface area contributed by atoms with Crippen LogP contribution >= 0.6 is 0 Å². The molecule has 3 rings (SSSR count). The topological polar surface area (TPSA) is 105 Å². The van der Waals surface area contributed by atoms with E-state index in [4.69, 9.17) is 0 Å². The zero-order valence-corrected chi connectivity index (χ0v) is 14.1. The fourth-order valence-corrected chi connectivity index (χ4v) is 3.03. The van der Waals surface area contributed by atoms with Crippen LogP contribution in [0.5, 0.6) is 0 Å². The predicted octanol–water partition coefficient (Wildman–Crippen LogP) is 1.55. The third-order valence-corrected chi connectivity index (χ3v) is 4.12. The van der Waals surface area contributed by atoms with Crippen molar-refractivity contribution in [2.75, 3.05) is 11.0 Å². The molecule has 2 heterocycles. The number of hydrogen-bond acceptors (Lipinski definition) is 5. The van der Waals surface area contributed by atoms with E-state index in [1.807, 2.05) is 6.07 Å². The first kappa shape index (κ1) is 16.8. The summed E-state index contributed by atoms with van der Waals surface area (Å²) in [6.07, 6.45) is 6.06. The number of carbonyl (C=O) groups is 2. The summed E-state index contributed by atoms with van der Waals surface area (Å²) in [7, 11) is -3.32. The minimum absolute atomic E-state index is 0.0644. The van der Waals surface area contributed by atoms with Crippen molar-refractivity contribution in [2.24, 2.45) is 0 Å². The van der Waals surface area contributed by atoms with Gasteiger partial charge in [-0.3, -0.25) is 24.6 Å². The number of carbonyl (C=O) groups excluding carboxylic acids is 2. The Kier molecular flexibility index (Phi) is 4.37. The number of aromatic nitrogens is 1. The number of sulfonamides is 1. The first-order valence-electron chi connectivity index (χ1n) is 7.38. The van der Waals surface area contributed by atoms with Crippen LogP contribution in [0.3, 0.4) is 0 Å². The number of anilines is 1. The van der Waals surface area contributed by atoms with Crippen LogP contribution in [-0.2, 0) is 19.6 Å². The van der Waals surface area contributed by atoms with E-state index in [0.717, 1.165) is 17.4 Å². The normalized spacial score (nSPS) is 16.1. The highest BCUT2D eigenvalue weighted by Gasteiger charge is 2.23. The molecule has 1 aliphatic rings. The standard InChI is InChI=1S/C17H15N3O4S/c1-25(23,24)20-15-4-2-12(3-5-15)14-7-11(9-18-10-14)6-13-8-16(21)19-17(13)22/h2-7,9-10,20H,8H2,1H3,(H,19,21,22)/b13-6+. The van der Waals surface area contributed by atoms with Crippen molar-refractivity contribution in [3.8, 4) is 11.1 Å². The molecule has 2 aromatic rings. The third-order valence-electron chi connectivity index (χ3n) is 3.52. The fraction of sp³-hybridized carbons (Fsp3) is 0.118. The summed E-state index contributed by atoms with van der Waals surface area (Å²) in [4.78, 5) is 27.0. The SMILES string of the molecule is CS(=O)(=O)Nc1ccc(-c2cncc(/C=C3\CC(=O)NC3=O)c2)cc1. The van der Waals surface area contributed by atoms with E-state index in [2.05, 4.69) is 15.0 Å². The van der Waals surface area contributed by atoms with Crippen molar-refractivity contribution >= 4 is 33.6 Å². The van der Waals surface area contributed by atoms with Crippen LogP contribution < -0.4 is 10.0 Å². The van der Waals surface area contributed by atoms with E-state index in [1.54, 1.807) is 42.7 Å². The van der Waals surface area contributed by atoms with Gasteiger partial charge in [0.05, 0.1) is 12.7 Å². The van der Waals surface area contributed by atoms with E-state index in [9.17, 15) is 18.0 Å². The molecule has 0 radical (unpaired) electrons. The number of rotatable bonds is 4. The molecule has 0 saturated carbocycles. The van der Waals surface area contributed by atoms with Gasteiger partial charge in [0.15, 0.2) is 0 Å².